The first-order valence-corrected chi connectivity index (χ1v) is 14.1. The summed E-state index contributed by atoms with van der Waals surface area (Å²) in [7, 11) is 0. The van der Waals surface area contributed by atoms with Gasteiger partial charge in [0.15, 0.2) is 0 Å². The predicted octanol–water partition coefficient (Wildman–Crippen LogP) is 11.4. The Balaban J connectivity index is 1.33. The lowest BCUT2D eigenvalue weighted by atomic mass is 9.90. The molecule has 1 heteroatoms. The van der Waals surface area contributed by atoms with Gasteiger partial charge in [-0.25, -0.2) is 0 Å². The highest BCUT2D eigenvalue weighted by Crippen LogP contribution is 2.40. The molecular weight excluding hydrogens is 494 g/mol. The molecule has 0 spiro atoms. The number of benzene rings is 8. The van der Waals surface area contributed by atoms with Crippen molar-refractivity contribution in [1.29, 1.82) is 0 Å². The van der Waals surface area contributed by atoms with Crippen LogP contribution in [0.25, 0.3) is 54.2 Å². The van der Waals surface area contributed by atoms with Crippen molar-refractivity contribution in [2.75, 3.05) is 4.90 Å². The van der Waals surface area contributed by atoms with Gasteiger partial charge in [0.2, 0.25) is 0 Å². The van der Waals surface area contributed by atoms with E-state index in [4.69, 9.17) is 0 Å². The highest BCUT2D eigenvalue weighted by Gasteiger charge is 2.14. The van der Waals surface area contributed by atoms with Gasteiger partial charge in [-0.15, -0.1) is 0 Å². The standard InChI is InChI=1S/C40H27N/c1-3-15-32(16-4-1)41(33-17-5-2-6-18-33)34-19-11-14-28(24-34)31-22-23-37-38(27-31)35-20-9-10-21-36(35)39-25-29-12-7-8-13-30(29)26-40(37)39/h1-27H. The van der Waals surface area contributed by atoms with Crippen LogP contribution in [0, 0.1) is 0 Å². The molecule has 41 heavy (non-hydrogen) atoms. The van der Waals surface area contributed by atoms with Gasteiger partial charge in [0.05, 0.1) is 0 Å². The number of nitrogens with zero attached hydrogens (tertiary/aromatic N) is 1. The SMILES string of the molecule is c1ccc(N(c2ccccc2)c2cccc(-c3ccc4c(c3)c3ccccc3c3cc5ccccc5cc43)c2)cc1. The summed E-state index contributed by atoms with van der Waals surface area (Å²) < 4.78 is 0. The zero-order valence-electron chi connectivity index (χ0n) is 22.5. The monoisotopic (exact) mass is 521 g/mol. The quantitative estimate of drug-likeness (QED) is 0.164. The molecule has 0 amide bonds. The average molecular weight is 522 g/mol. The minimum Gasteiger partial charge on any atom is -0.310 e. The molecule has 0 bridgehead atoms. The van der Waals surface area contributed by atoms with Crippen LogP contribution in [0.1, 0.15) is 0 Å². The van der Waals surface area contributed by atoms with Crippen molar-refractivity contribution in [3.05, 3.63) is 164 Å². The fraction of sp³-hybridized carbons (Fsp3) is 0. The minimum atomic E-state index is 1.13. The summed E-state index contributed by atoms with van der Waals surface area (Å²) in [4.78, 5) is 2.32. The van der Waals surface area contributed by atoms with Crippen molar-refractivity contribution in [2.45, 2.75) is 0 Å². The van der Waals surface area contributed by atoms with Crippen LogP contribution < -0.4 is 4.90 Å². The number of rotatable bonds is 4. The lowest BCUT2D eigenvalue weighted by molar-refractivity contribution is 1.28. The maximum absolute atomic E-state index is 2.38. The van der Waals surface area contributed by atoms with E-state index < -0.39 is 0 Å². The summed E-state index contributed by atoms with van der Waals surface area (Å²) in [5, 5.41) is 10.3. The van der Waals surface area contributed by atoms with E-state index in [1.165, 1.54) is 54.2 Å². The molecule has 0 N–H and O–H groups in total. The lowest BCUT2D eigenvalue weighted by Crippen LogP contribution is -2.09. The van der Waals surface area contributed by atoms with E-state index in [1.54, 1.807) is 0 Å². The molecule has 0 unspecified atom stereocenters. The number of hydrogen-bond donors (Lipinski definition) is 0. The van der Waals surface area contributed by atoms with Gasteiger partial charge >= 0.3 is 0 Å². The van der Waals surface area contributed by atoms with Crippen molar-refractivity contribution in [3.8, 4) is 11.1 Å². The Kier molecular flexibility index (Phi) is 5.53. The fourth-order valence-electron chi connectivity index (χ4n) is 6.25. The van der Waals surface area contributed by atoms with E-state index in [-0.39, 0.29) is 0 Å². The molecule has 1 nitrogen and oxygen atoms in total. The normalized spacial score (nSPS) is 11.4. The Labute approximate surface area is 239 Å². The number of anilines is 3. The van der Waals surface area contributed by atoms with E-state index in [1.807, 2.05) is 0 Å². The van der Waals surface area contributed by atoms with Crippen LogP contribution in [0.3, 0.4) is 0 Å². The van der Waals surface area contributed by atoms with Gasteiger partial charge in [-0.2, -0.15) is 0 Å². The zero-order chi connectivity index (χ0) is 27.2. The highest BCUT2D eigenvalue weighted by atomic mass is 15.1. The molecule has 0 aliphatic rings. The van der Waals surface area contributed by atoms with Gasteiger partial charge in [-0.3, -0.25) is 0 Å². The molecule has 0 aliphatic carbocycles. The number of fused-ring (bicyclic) bond motifs is 7. The van der Waals surface area contributed by atoms with Gasteiger partial charge in [0, 0.05) is 17.1 Å². The summed E-state index contributed by atoms with van der Waals surface area (Å²) in [6.45, 7) is 0. The summed E-state index contributed by atoms with van der Waals surface area (Å²) in [5.74, 6) is 0. The van der Waals surface area contributed by atoms with Gasteiger partial charge in [0.25, 0.3) is 0 Å². The predicted molar refractivity (Wildman–Crippen MR) is 177 cm³/mol. The van der Waals surface area contributed by atoms with Crippen molar-refractivity contribution in [2.24, 2.45) is 0 Å². The Morgan fingerprint density at radius 2 is 0.732 bits per heavy atom. The smallest absolute Gasteiger partial charge is 0.0467 e. The average Bonchev–Trinajstić information content (AvgIpc) is 3.05. The molecule has 0 aliphatic heterocycles. The van der Waals surface area contributed by atoms with Crippen molar-refractivity contribution in [3.63, 3.8) is 0 Å². The number of hydrogen-bond acceptors (Lipinski definition) is 1. The maximum Gasteiger partial charge on any atom is 0.0467 e. The molecule has 0 aromatic heterocycles. The molecule has 8 aromatic rings. The molecule has 8 rings (SSSR count). The van der Waals surface area contributed by atoms with Gasteiger partial charge in [-0.1, -0.05) is 109 Å². The Morgan fingerprint density at radius 1 is 0.268 bits per heavy atom. The molecule has 8 aromatic carbocycles. The van der Waals surface area contributed by atoms with Crippen LogP contribution in [0.2, 0.25) is 0 Å². The largest absolute Gasteiger partial charge is 0.310 e. The Morgan fingerprint density at radius 3 is 1.34 bits per heavy atom. The third-order valence-corrected chi connectivity index (χ3v) is 8.17. The summed E-state index contributed by atoms with van der Waals surface area (Å²) in [5.41, 5.74) is 5.82. The highest BCUT2D eigenvalue weighted by molar-refractivity contribution is 6.27. The minimum absolute atomic E-state index is 1.13. The topological polar surface area (TPSA) is 3.24 Å². The first-order valence-electron chi connectivity index (χ1n) is 14.1. The first kappa shape index (κ1) is 23.5. The Bertz CT molecular complexity index is 2160. The van der Waals surface area contributed by atoms with E-state index in [2.05, 4.69) is 169 Å². The molecular formula is C40H27N. The van der Waals surface area contributed by atoms with Crippen LogP contribution in [0.15, 0.2) is 164 Å². The van der Waals surface area contributed by atoms with Crippen molar-refractivity contribution >= 4 is 60.2 Å². The molecule has 0 atom stereocenters. The van der Waals surface area contributed by atoms with Crippen LogP contribution in [0.4, 0.5) is 17.1 Å². The van der Waals surface area contributed by atoms with Crippen LogP contribution in [-0.2, 0) is 0 Å². The van der Waals surface area contributed by atoms with E-state index >= 15 is 0 Å². The van der Waals surface area contributed by atoms with E-state index in [9.17, 15) is 0 Å². The van der Waals surface area contributed by atoms with E-state index in [0.717, 1.165) is 17.1 Å². The molecule has 0 fully saturated rings. The second kappa shape index (κ2) is 9.66. The Hall–Kier alpha value is -5.40. The third-order valence-electron chi connectivity index (χ3n) is 8.17. The fourth-order valence-corrected chi connectivity index (χ4v) is 6.25. The van der Waals surface area contributed by atoms with Crippen molar-refractivity contribution in [1.82, 2.24) is 0 Å². The summed E-state index contributed by atoms with van der Waals surface area (Å²) in [6, 6.07) is 59.2. The van der Waals surface area contributed by atoms with Gasteiger partial charge in [-0.05, 0) is 109 Å². The second-order valence-corrected chi connectivity index (χ2v) is 10.6. The molecule has 0 radical (unpaired) electrons. The van der Waals surface area contributed by atoms with Crippen LogP contribution in [0.5, 0.6) is 0 Å². The first-order chi connectivity index (χ1) is 20.3. The summed E-state index contributed by atoms with van der Waals surface area (Å²) in [6.07, 6.45) is 0. The van der Waals surface area contributed by atoms with Gasteiger partial charge in [0.1, 0.15) is 0 Å². The van der Waals surface area contributed by atoms with Crippen LogP contribution >= 0.6 is 0 Å². The zero-order valence-corrected chi connectivity index (χ0v) is 22.5. The second-order valence-electron chi connectivity index (χ2n) is 10.6. The molecule has 192 valence electrons. The molecule has 0 saturated carbocycles. The maximum atomic E-state index is 2.38. The summed E-state index contributed by atoms with van der Waals surface area (Å²) >= 11 is 0. The van der Waals surface area contributed by atoms with Crippen LogP contribution in [-0.4, -0.2) is 0 Å². The van der Waals surface area contributed by atoms with E-state index in [0.29, 0.717) is 0 Å². The third kappa shape index (κ3) is 4.02. The molecule has 0 saturated heterocycles. The van der Waals surface area contributed by atoms with Crippen molar-refractivity contribution < 1.29 is 0 Å². The number of para-hydroxylation sites is 2. The molecule has 0 heterocycles. The lowest BCUT2D eigenvalue weighted by Gasteiger charge is -2.26. The van der Waals surface area contributed by atoms with Gasteiger partial charge < -0.3 is 4.90 Å².